The third-order valence-corrected chi connectivity index (χ3v) is 5.07. The van der Waals surface area contributed by atoms with E-state index >= 15 is 0 Å². The number of carbonyl (C=O) groups is 2. The maximum atomic E-state index is 13.0. The largest absolute Gasteiger partial charge is 0.493 e. The van der Waals surface area contributed by atoms with Crippen molar-refractivity contribution in [3.05, 3.63) is 89.0 Å². The molecule has 0 unspecified atom stereocenters. The second-order valence-corrected chi connectivity index (χ2v) is 7.45. The predicted octanol–water partition coefficient (Wildman–Crippen LogP) is 5.99. The highest BCUT2D eigenvalue weighted by Gasteiger charge is 2.17. The molecule has 0 fully saturated rings. The van der Waals surface area contributed by atoms with Gasteiger partial charge >= 0.3 is 0 Å². The molecule has 0 atom stereocenters. The fraction of sp³-hybridized carbons (Fsp3) is 0.231. The lowest BCUT2D eigenvalue weighted by Crippen LogP contribution is -2.19. The molecule has 0 radical (unpaired) electrons. The maximum Gasteiger partial charge on any atom is 0.259 e. The van der Waals surface area contributed by atoms with Crippen molar-refractivity contribution in [3.8, 4) is 5.75 Å². The zero-order valence-electron chi connectivity index (χ0n) is 18.2. The molecular formula is C26H28N2O3. The highest BCUT2D eigenvalue weighted by Crippen LogP contribution is 2.23. The predicted molar refractivity (Wildman–Crippen MR) is 125 cm³/mol. The first-order valence-corrected chi connectivity index (χ1v) is 10.5. The number of nitrogens with one attached hydrogen (secondary N) is 2. The van der Waals surface area contributed by atoms with Gasteiger partial charge in [-0.05, 0) is 67.8 Å². The number of amides is 2. The number of carbonyl (C=O) groups excluding carboxylic acids is 2. The van der Waals surface area contributed by atoms with E-state index in [9.17, 15) is 9.59 Å². The molecule has 2 amide bonds. The Balaban J connectivity index is 1.78. The standard InChI is InChI=1S/C26H28N2O3/c1-4-5-16-31-24-13-9-7-11-22(24)26(30)28-23-12-8-6-10-21(23)25(29)27-20-15-14-18(2)19(3)17-20/h6-15,17H,4-5,16H2,1-3H3,(H,27,29)(H,28,30). The average molecular weight is 417 g/mol. The molecule has 3 aromatic carbocycles. The Morgan fingerprint density at radius 3 is 2.23 bits per heavy atom. The lowest BCUT2D eigenvalue weighted by atomic mass is 10.1. The van der Waals surface area contributed by atoms with Crippen molar-refractivity contribution in [2.45, 2.75) is 33.6 Å². The van der Waals surface area contributed by atoms with E-state index in [1.165, 1.54) is 0 Å². The van der Waals surface area contributed by atoms with Crippen LogP contribution >= 0.6 is 0 Å². The number of hydrogen-bond acceptors (Lipinski definition) is 3. The number of anilines is 2. The summed E-state index contributed by atoms with van der Waals surface area (Å²) in [6.45, 7) is 6.66. The molecule has 0 bridgehead atoms. The van der Waals surface area contributed by atoms with Gasteiger partial charge in [0.25, 0.3) is 11.8 Å². The van der Waals surface area contributed by atoms with Crippen LogP contribution < -0.4 is 15.4 Å². The summed E-state index contributed by atoms with van der Waals surface area (Å²) in [5, 5.41) is 5.78. The Morgan fingerprint density at radius 2 is 1.48 bits per heavy atom. The molecular weight excluding hydrogens is 388 g/mol. The van der Waals surface area contributed by atoms with E-state index < -0.39 is 0 Å². The van der Waals surface area contributed by atoms with Crippen molar-refractivity contribution in [1.82, 2.24) is 0 Å². The van der Waals surface area contributed by atoms with E-state index in [4.69, 9.17) is 4.74 Å². The van der Waals surface area contributed by atoms with E-state index in [0.29, 0.717) is 34.9 Å². The molecule has 0 saturated carbocycles. The zero-order valence-corrected chi connectivity index (χ0v) is 18.2. The first-order chi connectivity index (χ1) is 15.0. The number of ether oxygens (including phenoxy) is 1. The van der Waals surface area contributed by atoms with Crippen molar-refractivity contribution >= 4 is 23.2 Å². The highest BCUT2D eigenvalue weighted by atomic mass is 16.5. The van der Waals surface area contributed by atoms with Crippen molar-refractivity contribution < 1.29 is 14.3 Å². The fourth-order valence-corrected chi connectivity index (χ4v) is 3.10. The van der Waals surface area contributed by atoms with Crippen LogP contribution in [0, 0.1) is 13.8 Å². The van der Waals surface area contributed by atoms with Crippen LogP contribution in [0.25, 0.3) is 0 Å². The van der Waals surface area contributed by atoms with Gasteiger partial charge in [-0.1, -0.05) is 43.7 Å². The molecule has 2 N–H and O–H groups in total. The number of para-hydroxylation sites is 2. The van der Waals surface area contributed by atoms with Crippen LogP contribution in [-0.4, -0.2) is 18.4 Å². The van der Waals surface area contributed by atoms with Gasteiger partial charge < -0.3 is 15.4 Å². The number of rotatable bonds is 8. The van der Waals surface area contributed by atoms with Gasteiger partial charge in [0.1, 0.15) is 5.75 Å². The number of unbranched alkanes of at least 4 members (excludes halogenated alkanes) is 1. The van der Waals surface area contributed by atoms with Gasteiger partial charge in [-0.25, -0.2) is 0 Å². The van der Waals surface area contributed by atoms with Crippen LogP contribution in [0.2, 0.25) is 0 Å². The lowest BCUT2D eigenvalue weighted by molar-refractivity contribution is 0.102. The quantitative estimate of drug-likeness (QED) is 0.443. The summed E-state index contributed by atoms with van der Waals surface area (Å²) < 4.78 is 5.77. The van der Waals surface area contributed by atoms with Crippen molar-refractivity contribution in [3.63, 3.8) is 0 Å². The fourth-order valence-electron chi connectivity index (χ4n) is 3.10. The molecule has 0 aromatic heterocycles. The van der Waals surface area contributed by atoms with Crippen molar-refractivity contribution in [2.24, 2.45) is 0 Å². The Hall–Kier alpha value is -3.60. The van der Waals surface area contributed by atoms with E-state index in [1.54, 1.807) is 42.5 Å². The second-order valence-electron chi connectivity index (χ2n) is 7.45. The van der Waals surface area contributed by atoms with E-state index in [0.717, 1.165) is 24.0 Å². The molecule has 0 aliphatic heterocycles. The number of hydrogen-bond donors (Lipinski definition) is 2. The van der Waals surface area contributed by atoms with E-state index in [2.05, 4.69) is 17.6 Å². The minimum Gasteiger partial charge on any atom is -0.493 e. The van der Waals surface area contributed by atoms with Gasteiger partial charge in [0.15, 0.2) is 0 Å². The average Bonchev–Trinajstić information content (AvgIpc) is 2.77. The van der Waals surface area contributed by atoms with Gasteiger partial charge in [-0.15, -0.1) is 0 Å². The monoisotopic (exact) mass is 416 g/mol. The molecule has 31 heavy (non-hydrogen) atoms. The van der Waals surface area contributed by atoms with Crippen LogP contribution in [0.15, 0.2) is 66.7 Å². The molecule has 160 valence electrons. The first-order valence-electron chi connectivity index (χ1n) is 10.5. The summed E-state index contributed by atoms with van der Waals surface area (Å²) in [6, 6.07) is 19.8. The third-order valence-electron chi connectivity index (χ3n) is 5.07. The summed E-state index contributed by atoms with van der Waals surface area (Å²) in [6.07, 6.45) is 1.93. The summed E-state index contributed by atoms with van der Waals surface area (Å²) in [5.41, 5.74) is 4.23. The van der Waals surface area contributed by atoms with E-state index in [1.807, 2.05) is 38.1 Å². The smallest absolute Gasteiger partial charge is 0.259 e. The van der Waals surface area contributed by atoms with Crippen LogP contribution in [0.1, 0.15) is 51.6 Å². The molecule has 0 aliphatic rings. The van der Waals surface area contributed by atoms with Gasteiger partial charge in [-0.2, -0.15) is 0 Å². The normalized spacial score (nSPS) is 10.4. The minimum absolute atomic E-state index is 0.286. The molecule has 3 rings (SSSR count). The topological polar surface area (TPSA) is 67.4 Å². The Morgan fingerprint density at radius 1 is 0.806 bits per heavy atom. The second kappa shape index (κ2) is 10.4. The Bertz CT molecular complexity index is 1080. The molecule has 0 saturated heterocycles. The summed E-state index contributed by atoms with van der Waals surface area (Å²) >= 11 is 0. The molecule has 0 spiro atoms. The van der Waals surface area contributed by atoms with Crippen LogP contribution in [-0.2, 0) is 0 Å². The van der Waals surface area contributed by atoms with Crippen molar-refractivity contribution in [1.29, 1.82) is 0 Å². The lowest BCUT2D eigenvalue weighted by Gasteiger charge is -2.14. The van der Waals surface area contributed by atoms with E-state index in [-0.39, 0.29) is 11.8 Å². The van der Waals surface area contributed by atoms with Gasteiger partial charge in [-0.3, -0.25) is 9.59 Å². The van der Waals surface area contributed by atoms with Crippen LogP contribution in [0.5, 0.6) is 5.75 Å². The molecule has 5 heteroatoms. The summed E-state index contributed by atoms with van der Waals surface area (Å²) in [4.78, 5) is 25.9. The Kier molecular flexibility index (Phi) is 7.44. The van der Waals surface area contributed by atoms with Crippen LogP contribution in [0.4, 0.5) is 11.4 Å². The number of benzene rings is 3. The summed E-state index contributed by atoms with van der Waals surface area (Å²) in [5.74, 6) is -0.0734. The highest BCUT2D eigenvalue weighted by molar-refractivity contribution is 6.13. The summed E-state index contributed by atoms with van der Waals surface area (Å²) in [7, 11) is 0. The van der Waals surface area contributed by atoms with Crippen molar-refractivity contribution in [2.75, 3.05) is 17.2 Å². The van der Waals surface area contributed by atoms with Gasteiger partial charge in [0.2, 0.25) is 0 Å². The molecule has 0 heterocycles. The first kappa shape index (κ1) is 22.1. The zero-order chi connectivity index (χ0) is 22.2. The molecule has 5 nitrogen and oxygen atoms in total. The molecule has 0 aliphatic carbocycles. The Labute approximate surface area is 183 Å². The SMILES string of the molecule is CCCCOc1ccccc1C(=O)Nc1ccccc1C(=O)Nc1ccc(C)c(C)c1. The minimum atomic E-state index is -0.321. The maximum absolute atomic E-state index is 13.0. The van der Waals surface area contributed by atoms with Gasteiger partial charge in [0, 0.05) is 5.69 Å². The van der Waals surface area contributed by atoms with Gasteiger partial charge in [0.05, 0.1) is 23.4 Å². The van der Waals surface area contributed by atoms with Crippen LogP contribution in [0.3, 0.4) is 0 Å². The molecule has 3 aromatic rings. The number of aryl methyl sites for hydroxylation is 2. The third kappa shape index (κ3) is 5.72.